The van der Waals surface area contributed by atoms with Crippen LogP contribution in [0.5, 0.6) is 0 Å². The van der Waals surface area contributed by atoms with Gasteiger partial charge in [0.15, 0.2) is 5.71 Å². The van der Waals surface area contributed by atoms with Gasteiger partial charge in [-0.2, -0.15) is 13.0 Å². The second-order valence-corrected chi connectivity index (χ2v) is 19.8. The molecule has 0 unspecified atom stereocenters. The van der Waals surface area contributed by atoms with Crippen LogP contribution in [-0.4, -0.2) is 91.8 Å². The summed E-state index contributed by atoms with van der Waals surface area (Å²) in [6.07, 6.45) is 16.8. The van der Waals surface area contributed by atoms with Gasteiger partial charge in [-0.3, -0.25) is 14.2 Å². The largest absolute Gasteiger partial charge is 0.744 e. The number of carbonyl (C=O) groups is 1. The number of unbranched alkanes of at least 4 members (excludes halogenated alkanes) is 2. The highest BCUT2D eigenvalue weighted by atomic mass is 32.2. The zero-order valence-electron chi connectivity index (χ0n) is 38.1. The highest BCUT2D eigenvalue weighted by Crippen LogP contribution is 2.48. The van der Waals surface area contributed by atoms with E-state index in [4.69, 9.17) is 5.53 Å². The lowest BCUT2D eigenvalue weighted by molar-refractivity contribution is -0.438. The zero-order chi connectivity index (χ0) is 46.5. The van der Waals surface area contributed by atoms with E-state index in [2.05, 4.69) is 64.3 Å². The number of allylic oxidation sites excluding steroid dienone is 8. The highest BCUT2D eigenvalue weighted by molar-refractivity contribution is 7.86. The monoisotopic (exact) mass is 893 g/mol. The number of hydrogen-bond acceptors (Lipinski definition) is 9. The van der Waals surface area contributed by atoms with Gasteiger partial charge in [0.25, 0.3) is 10.1 Å². The highest BCUT2D eigenvalue weighted by Gasteiger charge is 2.45. The molecular formula is C46H67N7O7S2. The number of hydrogen-bond donors (Lipinski definition) is 2. The molecule has 2 heterocycles. The van der Waals surface area contributed by atoms with Crippen molar-refractivity contribution < 1.29 is 35.3 Å². The summed E-state index contributed by atoms with van der Waals surface area (Å²) in [7, 11) is -8.97. The molecule has 4 rings (SSSR count). The van der Waals surface area contributed by atoms with Crippen LogP contribution < -0.4 is 10.2 Å². The van der Waals surface area contributed by atoms with Crippen LogP contribution in [0.1, 0.15) is 112 Å². The first-order valence-corrected chi connectivity index (χ1v) is 24.3. The second-order valence-electron chi connectivity index (χ2n) is 17.0. The van der Waals surface area contributed by atoms with Crippen LogP contribution in [0.4, 0.5) is 11.4 Å². The zero-order valence-corrected chi connectivity index (χ0v) is 39.8. The number of rotatable bonds is 20. The molecule has 0 bridgehead atoms. The standard InChI is InChI=1S/C38H48N6O7S2.C8H19N/c1-6-43-32-21-19-28(52(46,47)48)26-30(32)37(2,3)34(43)16-11-8-7-9-12-17-35-38(4,5)31-27-29(53(49,50)51)20-22-33(31)44(35)25-14-10-13-18-36(45)40-23-15-24-41-42-39;1-6-9(7(2)3)8(4)5/h7-9,11-12,16-17,19-22,26-27H,6,10,13-15,18,23-25H2,1-5H3,(H2-,40,45,46,47,48,49,50,51);7-8H,6H2,1-5H3. The topological polar surface area (TPSA) is 199 Å². The van der Waals surface area contributed by atoms with E-state index in [-0.39, 0.29) is 15.7 Å². The van der Waals surface area contributed by atoms with Gasteiger partial charge in [-0.1, -0.05) is 56.3 Å². The number of carbonyl (C=O) groups excluding carboxylic acids is 1. The molecule has 0 aromatic heterocycles. The van der Waals surface area contributed by atoms with E-state index in [0.717, 1.165) is 53.3 Å². The predicted molar refractivity (Wildman–Crippen MR) is 248 cm³/mol. The number of azide groups is 1. The summed E-state index contributed by atoms with van der Waals surface area (Å²) in [5, 5.41) is 6.29. The summed E-state index contributed by atoms with van der Waals surface area (Å²) in [5.41, 5.74) is 12.5. The Hall–Kier alpha value is -4.57. The van der Waals surface area contributed by atoms with Gasteiger partial charge in [-0.25, -0.2) is 8.42 Å². The Bertz CT molecular complexity index is 2310. The van der Waals surface area contributed by atoms with Crippen molar-refractivity contribution in [2.75, 3.05) is 37.6 Å². The van der Waals surface area contributed by atoms with Gasteiger partial charge in [-0.15, -0.1) is 0 Å². The molecule has 16 heteroatoms. The van der Waals surface area contributed by atoms with Crippen LogP contribution in [0.2, 0.25) is 0 Å². The molecule has 0 fully saturated rings. The first-order valence-electron chi connectivity index (χ1n) is 21.4. The molecule has 340 valence electrons. The lowest BCUT2D eigenvalue weighted by atomic mass is 9.81. The maximum absolute atomic E-state index is 12.2. The Morgan fingerprint density at radius 3 is 2.11 bits per heavy atom. The quantitative estimate of drug-likeness (QED) is 0.0248. The van der Waals surface area contributed by atoms with Gasteiger partial charge in [0.1, 0.15) is 16.7 Å². The molecule has 0 aliphatic carbocycles. The number of nitrogens with one attached hydrogen (secondary N) is 1. The molecule has 2 N–H and O–H groups in total. The lowest BCUT2D eigenvalue weighted by Gasteiger charge is -2.28. The Morgan fingerprint density at radius 2 is 1.53 bits per heavy atom. The first-order chi connectivity index (χ1) is 29.0. The smallest absolute Gasteiger partial charge is 0.294 e. The first kappa shape index (κ1) is 51.8. The predicted octanol–water partition coefficient (Wildman–Crippen LogP) is 9.09. The van der Waals surface area contributed by atoms with E-state index >= 15 is 0 Å². The SMILES string of the molecule is CCN(C(C)C)C(C)C.CCN1C(=CC=CC=CC=CC2=[N+](CCCCCC(=O)NCCCN=[N+]=[N-])c3ccc(S(=O)(=O)O)cc3C2(C)C)C(C)(C)c2cc(S(=O)(=O)[O-])ccc21. The Balaban J connectivity index is 0.00000102. The molecule has 0 atom stereocenters. The van der Waals surface area contributed by atoms with Crippen LogP contribution in [0.15, 0.2) is 99.5 Å². The third kappa shape index (κ3) is 13.5. The van der Waals surface area contributed by atoms with Crippen molar-refractivity contribution in [1.82, 2.24) is 10.2 Å². The minimum absolute atomic E-state index is 0.0460. The van der Waals surface area contributed by atoms with E-state index in [1.165, 1.54) is 24.3 Å². The molecule has 2 aliphatic rings. The van der Waals surface area contributed by atoms with Gasteiger partial charge in [0.2, 0.25) is 11.6 Å². The minimum Gasteiger partial charge on any atom is -0.744 e. The van der Waals surface area contributed by atoms with Crippen LogP contribution in [0, 0.1) is 0 Å². The van der Waals surface area contributed by atoms with E-state index in [0.29, 0.717) is 57.5 Å². The normalized spacial score (nSPS) is 16.5. The van der Waals surface area contributed by atoms with E-state index in [9.17, 15) is 30.7 Å². The maximum atomic E-state index is 12.2. The summed E-state index contributed by atoms with van der Waals surface area (Å²) in [6.45, 7) is 24.5. The average molecular weight is 894 g/mol. The van der Waals surface area contributed by atoms with Crippen molar-refractivity contribution in [3.63, 3.8) is 0 Å². The van der Waals surface area contributed by atoms with Gasteiger partial charge in [0, 0.05) is 84.0 Å². The van der Waals surface area contributed by atoms with Crippen molar-refractivity contribution in [3.8, 4) is 0 Å². The van der Waals surface area contributed by atoms with Crippen molar-refractivity contribution >= 4 is 43.2 Å². The van der Waals surface area contributed by atoms with Gasteiger partial charge < -0.3 is 14.8 Å². The van der Waals surface area contributed by atoms with Crippen molar-refractivity contribution in [3.05, 3.63) is 106 Å². The van der Waals surface area contributed by atoms with Crippen LogP contribution >= 0.6 is 0 Å². The molecule has 0 spiro atoms. The third-order valence-corrected chi connectivity index (χ3v) is 13.1. The molecule has 2 aliphatic heterocycles. The van der Waals surface area contributed by atoms with Crippen molar-refractivity contribution in [2.24, 2.45) is 5.11 Å². The Kier molecular flexibility index (Phi) is 18.9. The number of benzene rings is 2. The number of nitrogens with zero attached hydrogens (tertiary/aromatic N) is 6. The van der Waals surface area contributed by atoms with Crippen molar-refractivity contribution in [1.29, 1.82) is 0 Å². The molecule has 62 heavy (non-hydrogen) atoms. The fourth-order valence-corrected chi connectivity index (χ4v) is 9.27. The molecule has 0 saturated heterocycles. The van der Waals surface area contributed by atoms with E-state index < -0.39 is 31.1 Å². The summed E-state index contributed by atoms with van der Waals surface area (Å²) in [6, 6.07) is 10.5. The lowest BCUT2D eigenvalue weighted by Crippen LogP contribution is -2.36. The van der Waals surface area contributed by atoms with Gasteiger partial charge >= 0.3 is 0 Å². The average Bonchev–Trinajstić information content (AvgIpc) is 3.54. The number of amides is 1. The van der Waals surface area contributed by atoms with Crippen LogP contribution in [0.25, 0.3) is 10.4 Å². The molecule has 14 nitrogen and oxygen atoms in total. The Labute approximate surface area is 370 Å². The van der Waals surface area contributed by atoms with Crippen LogP contribution in [-0.2, 0) is 35.9 Å². The second kappa shape index (κ2) is 22.7. The van der Waals surface area contributed by atoms with Gasteiger partial charge in [0.05, 0.1) is 15.2 Å². The number of anilines is 1. The van der Waals surface area contributed by atoms with Crippen LogP contribution in [0.3, 0.4) is 0 Å². The summed E-state index contributed by atoms with van der Waals surface area (Å²) >= 11 is 0. The maximum Gasteiger partial charge on any atom is 0.294 e. The number of likely N-dealkylation sites (N-methyl/N-ethyl adjacent to an activating group) is 1. The van der Waals surface area contributed by atoms with Gasteiger partial charge in [-0.05, 0) is 122 Å². The van der Waals surface area contributed by atoms with Crippen molar-refractivity contribution in [2.45, 2.75) is 134 Å². The summed E-state index contributed by atoms with van der Waals surface area (Å²) in [4.78, 5) is 19.0. The summed E-state index contributed by atoms with van der Waals surface area (Å²) < 4.78 is 71.0. The van der Waals surface area contributed by atoms with E-state index in [1.807, 2.05) is 77.2 Å². The molecule has 0 radical (unpaired) electrons. The Morgan fingerprint density at radius 1 is 0.903 bits per heavy atom. The van der Waals surface area contributed by atoms with E-state index in [1.54, 1.807) is 12.1 Å². The molecular weight excluding hydrogens is 827 g/mol. The number of fused-ring (bicyclic) bond motifs is 2. The molecule has 2 aromatic rings. The molecule has 1 amide bonds. The summed E-state index contributed by atoms with van der Waals surface area (Å²) in [5.74, 6) is -0.0460. The fraction of sp³-hybridized carbons (Fsp3) is 0.522. The molecule has 0 saturated carbocycles. The minimum atomic E-state index is -4.58. The molecule has 2 aromatic carbocycles. The third-order valence-electron chi connectivity index (χ3n) is 11.4. The fourth-order valence-electron chi connectivity index (χ4n) is 8.26.